The predicted molar refractivity (Wildman–Crippen MR) is 78.7 cm³/mol. The van der Waals surface area contributed by atoms with E-state index in [1.54, 1.807) is 0 Å². The lowest BCUT2D eigenvalue weighted by atomic mass is 10.1. The van der Waals surface area contributed by atoms with Gasteiger partial charge in [-0.15, -0.1) is 0 Å². The minimum Gasteiger partial charge on any atom is -0.490 e. The zero-order valence-electron chi connectivity index (χ0n) is 11.4. The number of fused-ring (bicyclic) bond motifs is 1. The van der Waals surface area contributed by atoms with Gasteiger partial charge in [0.1, 0.15) is 11.9 Å². The van der Waals surface area contributed by atoms with Gasteiger partial charge in [-0.1, -0.05) is 29.8 Å². The van der Waals surface area contributed by atoms with E-state index < -0.39 is 0 Å². The molecule has 0 unspecified atom stereocenters. The molecule has 0 spiro atoms. The largest absolute Gasteiger partial charge is 0.490 e. The quantitative estimate of drug-likeness (QED) is 0.895. The van der Waals surface area contributed by atoms with Crippen LogP contribution in [0.5, 0.6) is 5.75 Å². The van der Waals surface area contributed by atoms with Crippen LogP contribution in [0, 0.1) is 6.92 Å². The highest BCUT2D eigenvalue weighted by molar-refractivity contribution is 5.46. The molecular weight excluding hydrogens is 234 g/mol. The number of benzene rings is 2. The lowest BCUT2D eigenvalue weighted by Gasteiger charge is -2.08. The fourth-order valence-electron chi connectivity index (χ4n) is 2.46. The van der Waals surface area contributed by atoms with Crippen molar-refractivity contribution < 1.29 is 4.74 Å². The number of anilines is 1. The van der Waals surface area contributed by atoms with Crippen molar-refractivity contribution in [1.82, 2.24) is 0 Å². The average Bonchev–Trinajstić information content (AvgIpc) is 2.77. The van der Waals surface area contributed by atoms with Gasteiger partial charge in [0.25, 0.3) is 0 Å². The minimum absolute atomic E-state index is 0.315. The number of hydrogen-bond donors (Lipinski definition) is 1. The van der Waals surface area contributed by atoms with Gasteiger partial charge in [0, 0.05) is 18.7 Å². The van der Waals surface area contributed by atoms with Crippen LogP contribution in [0.4, 0.5) is 5.69 Å². The van der Waals surface area contributed by atoms with E-state index in [0.29, 0.717) is 6.10 Å². The van der Waals surface area contributed by atoms with E-state index in [0.717, 1.165) is 24.4 Å². The van der Waals surface area contributed by atoms with Crippen molar-refractivity contribution in [2.24, 2.45) is 0 Å². The fourth-order valence-corrected chi connectivity index (χ4v) is 2.46. The molecule has 2 heteroatoms. The molecule has 1 N–H and O–H groups in total. The third-order valence-corrected chi connectivity index (χ3v) is 3.51. The van der Waals surface area contributed by atoms with Gasteiger partial charge >= 0.3 is 0 Å². The second-order valence-corrected chi connectivity index (χ2v) is 5.29. The highest BCUT2D eigenvalue weighted by Gasteiger charge is 2.18. The second kappa shape index (κ2) is 4.96. The van der Waals surface area contributed by atoms with E-state index in [1.165, 1.54) is 16.7 Å². The molecule has 0 aromatic heterocycles. The van der Waals surface area contributed by atoms with Gasteiger partial charge in [-0.25, -0.2) is 0 Å². The van der Waals surface area contributed by atoms with Gasteiger partial charge in [0.05, 0.1) is 0 Å². The summed E-state index contributed by atoms with van der Waals surface area (Å²) in [7, 11) is 0. The molecule has 1 atom stereocenters. The molecule has 0 saturated carbocycles. The molecule has 2 nitrogen and oxygen atoms in total. The smallest absolute Gasteiger partial charge is 0.123 e. The van der Waals surface area contributed by atoms with Crippen molar-refractivity contribution in [2.45, 2.75) is 32.9 Å². The van der Waals surface area contributed by atoms with Gasteiger partial charge in [-0.3, -0.25) is 0 Å². The Morgan fingerprint density at radius 1 is 1.16 bits per heavy atom. The Kier molecular flexibility index (Phi) is 3.16. The Morgan fingerprint density at radius 3 is 2.74 bits per heavy atom. The summed E-state index contributed by atoms with van der Waals surface area (Å²) in [5, 5.41) is 3.45. The summed E-state index contributed by atoms with van der Waals surface area (Å²) in [6.07, 6.45) is 1.34. The fraction of sp³-hybridized carbons (Fsp3) is 0.294. The van der Waals surface area contributed by atoms with Crippen LogP contribution in [0.1, 0.15) is 23.6 Å². The maximum atomic E-state index is 5.72. The standard InChI is InChI=1S/C17H19NO/c1-12-3-6-16(7-4-12)18-11-14-5-8-17-15(10-14)9-13(2)19-17/h3-8,10,13,18H,9,11H2,1-2H3/t13-/m1/s1. The molecule has 0 saturated heterocycles. The highest BCUT2D eigenvalue weighted by atomic mass is 16.5. The molecule has 19 heavy (non-hydrogen) atoms. The van der Waals surface area contributed by atoms with E-state index >= 15 is 0 Å². The lowest BCUT2D eigenvalue weighted by Crippen LogP contribution is -2.05. The van der Waals surface area contributed by atoms with Crippen LogP contribution in [0.15, 0.2) is 42.5 Å². The Morgan fingerprint density at radius 2 is 1.95 bits per heavy atom. The van der Waals surface area contributed by atoms with Gasteiger partial charge < -0.3 is 10.1 Å². The van der Waals surface area contributed by atoms with E-state index in [2.05, 4.69) is 61.6 Å². The monoisotopic (exact) mass is 253 g/mol. The van der Waals surface area contributed by atoms with Crippen LogP contribution < -0.4 is 10.1 Å². The third-order valence-electron chi connectivity index (χ3n) is 3.51. The van der Waals surface area contributed by atoms with Crippen LogP contribution in [-0.4, -0.2) is 6.10 Å². The number of ether oxygens (including phenoxy) is 1. The molecule has 3 rings (SSSR count). The lowest BCUT2D eigenvalue weighted by molar-refractivity contribution is 0.254. The summed E-state index contributed by atoms with van der Waals surface area (Å²) >= 11 is 0. The summed E-state index contributed by atoms with van der Waals surface area (Å²) in [4.78, 5) is 0. The molecule has 0 fully saturated rings. The molecule has 0 bridgehead atoms. The average molecular weight is 253 g/mol. The first kappa shape index (κ1) is 12.1. The Labute approximate surface area is 114 Å². The maximum absolute atomic E-state index is 5.72. The van der Waals surface area contributed by atoms with Crippen molar-refractivity contribution in [3.05, 3.63) is 59.2 Å². The van der Waals surface area contributed by atoms with Gasteiger partial charge in [-0.05, 0) is 43.2 Å². The number of aryl methyl sites for hydroxylation is 1. The molecule has 0 amide bonds. The predicted octanol–water partition coefficient (Wildman–Crippen LogP) is 3.93. The minimum atomic E-state index is 0.315. The molecule has 2 aromatic rings. The van der Waals surface area contributed by atoms with E-state index in [1.807, 2.05) is 0 Å². The van der Waals surface area contributed by atoms with Crippen LogP contribution in [0.3, 0.4) is 0 Å². The van der Waals surface area contributed by atoms with Crippen molar-refractivity contribution in [3.63, 3.8) is 0 Å². The first-order chi connectivity index (χ1) is 9.20. The van der Waals surface area contributed by atoms with Gasteiger partial charge in [0.2, 0.25) is 0 Å². The number of nitrogens with one attached hydrogen (secondary N) is 1. The molecule has 98 valence electrons. The summed E-state index contributed by atoms with van der Waals surface area (Å²) in [6.45, 7) is 5.07. The van der Waals surface area contributed by atoms with Crippen molar-refractivity contribution in [2.75, 3.05) is 5.32 Å². The molecular formula is C17H19NO. The topological polar surface area (TPSA) is 21.3 Å². The Bertz CT molecular complexity index is 574. The molecule has 0 aliphatic carbocycles. The highest BCUT2D eigenvalue weighted by Crippen LogP contribution is 2.29. The second-order valence-electron chi connectivity index (χ2n) is 5.29. The summed E-state index contributed by atoms with van der Waals surface area (Å²) in [5.74, 6) is 1.05. The van der Waals surface area contributed by atoms with Crippen LogP contribution >= 0.6 is 0 Å². The first-order valence-corrected chi connectivity index (χ1v) is 6.80. The zero-order valence-corrected chi connectivity index (χ0v) is 11.4. The van der Waals surface area contributed by atoms with E-state index in [-0.39, 0.29) is 0 Å². The Balaban J connectivity index is 1.68. The number of rotatable bonds is 3. The first-order valence-electron chi connectivity index (χ1n) is 6.80. The molecule has 1 aliphatic rings. The van der Waals surface area contributed by atoms with Crippen molar-refractivity contribution >= 4 is 5.69 Å². The van der Waals surface area contributed by atoms with E-state index in [4.69, 9.17) is 4.74 Å². The van der Waals surface area contributed by atoms with Gasteiger partial charge in [0.15, 0.2) is 0 Å². The van der Waals surface area contributed by atoms with Gasteiger partial charge in [-0.2, -0.15) is 0 Å². The normalized spacial score (nSPS) is 16.8. The summed E-state index contributed by atoms with van der Waals surface area (Å²) < 4.78 is 5.72. The maximum Gasteiger partial charge on any atom is 0.123 e. The van der Waals surface area contributed by atoms with E-state index in [9.17, 15) is 0 Å². The SMILES string of the molecule is Cc1ccc(NCc2ccc3c(c2)C[C@@H](C)O3)cc1. The molecule has 2 aromatic carbocycles. The molecule has 1 aliphatic heterocycles. The third kappa shape index (κ3) is 2.73. The summed E-state index contributed by atoms with van der Waals surface area (Å²) in [5.41, 5.74) is 5.08. The zero-order chi connectivity index (χ0) is 13.2. The molecule has 0 radical (unpaired) electrons. The van der Waals surface area contributed by atoms with Crippen LogP contribution in [0.2, 0.25) is 0 Å². The molecule has 1 heterocycles. The van der Waals surface area contributed by atoms with Crippen LogP contribution in [-0.2, 0) is 13.0 Å². The van der Waals surface area contributed by atoms with Crippen molar-refractivity contribution in [1.29, 1.82) is 0 Å². The number of hydrogen-bond acceptors (Lipinski definition) is 2. The van der Waals surface area contributed by atoms with Crippen LogP contribution in [0.25, 0.3) is 0 Å². The van der Waals surface area contributed by atoms with Crippen molar-refractivity contribution in [3.8, 4) is 5.75 Å². The summed E-state index contributed by atoms with van der Waals surface area (Å²) in [6, 6.07) is 15.0. The Hall–Kier alpha value is -1.96.